The molecule has 1 N–H and O–H groups in total. The van der Waals surface area contributed by atoms with Gasteiger partial charge in [0.2, 0.25) is 15.9 Å². The molecule has 6 nitrogen and oxygen atoms in total. The number of benzene rings is 1. The lowest BCUT2D eigenvalue weighted by molar-refractivity contribution is -0.118. The van der Waals surface area contributed by atoms with Gasteiger partial charge in [0.05, 0.1) is 16.8 Å². The first-order chi connectivity index (χ1) is 12.4. The van der Waals surface area contributed by atoms with Gasteiger partial charge in [-0.15, -0.1) is 11.8 Å². The van der Waals surface area contributed by atoms with Gasteiger partial charge in [-0.05, 0) is 57.4 Å². The third-order valence-electron chi connectivity index (χ3n) is 3.99. The molecule has 1 heterocycles. The van der Waals surface area contributed by atoms with E-state index in [0.29, 0.717) is 36.9 Å². The van der Waals surface area contributed by atoms with Crippen molar-refractivity contribution in [2.75, 3.05) is 32.0 Å². The van der Waals surface area contributed by atoms with Crippen LogP contribution in [0.4, 0.5) is 0 Å². The summed E-state index contributed by atoms with van der Waals surface area (Å²) in [6, 6.07) is 6.77. The average molecular weight is 401 g/mol. The van der Waals surface area contributed by atoms with Crippen molar-refractivity contribution in [3.63, 3.8) is 0 Å². The van der Waals surface area contributed by atoms with Crippen LogP contribution < -0.4 is 5.32 Å². The molecular formula is C18H28N2O4S2. The van der Waals surface area contributed by atoms with E-state index in [2.05, 4.69) is 5.32 Å². The van der Waals surface area contributed by atoms with Crippen LogP contribution in [0, 0.1) is 0 Å². The second-order valence-electron chi connectivity index (χ2n) is 6.49. The number of thioether (sulfide) groups is 1. The highest BCUT2D eigenvalue weighted by atomic mass is 32.2. The van der Waals surface area contributed by atoms with E-state index < -0.39 is 10.0 Å². The minimum atomic E-state index is -3.38. The lowest BCUT2D eigenvalue weighted by Crippen LogP contribution is -2.27. The number of ether oxygens (including phenoxy) is 1. The largest absolute Gasteiger partial charge is 0.379 e. The van der Waals surface area contributed by atoms with Gasteiger partial charge in [-0.1, -0.05) is 0 Å². The molecule has 1 saturated heterocycles. The van der Waals surface area contributed by atoms with Crippen molar-refractivity contribution in [3.05, 3.63) is 24.3 Å². The normalized spacial score (nSPS) is 15.5. The van der Waals surface area contributed by atoms with Crippen LogP contribution >= 0.6 is 11.8 Å². The molecule has 0 atom stereocenters. The van der Waals surface area contributed by atoms with Crippen molar-refractivity contribution in [2.45, 2.75) is 49.0 Å². The van der Waals surface area contributed by atoms with E-state index in [-0.39, 0.29) is 12.0 Å². The first-order valence-corrected chi connectivity index (χ1v) is 11.4. The zero-order valence-corrected chi connectivity index (χ0v) is 17.1. The lowest BCUT2D eigenvalue weighted by atomic mass is 10.4. The molecule has 0 radical (unpaired) electrons. The number of nitrogens with zero attached hydrogens (tertiary/aromatic N) is 1. The zero-order valence-electron chi connectivity index (χ0n) is 15.4. The van der Waals surface area contributed by atoms with E-state index >= 15 is 0 Å². The SMILES string of the molecule is CC(C)OCCCNC(=O)CSc1ccc(S(=O)(=O)N2CCCC2)cc1. The van der Waals surface area contributed by atoms with E-state index in [1.165, 1.54) is 16.1 Å². The summed E-state index contributed by atoms with van der Waals surface area (Å²) in [5, 5.41) is 2.86. The van der Waals surface area contributed by atoms with Crippen LogP contribution in [-0.2, 0) is 19.6 Å². The summed E-state index contributed by atoms with van der Waals surface area (Å²) in [5.74, 6) is 0.275. The first kappa shape index (κ1) is 21.2. The second kappa shape index (κ2) is 10.3. The number of hydrogen-bond acceptors (Lipinski definition) is 5. The second-order valence-corrected chi connectivity index (χ2v) is 9.48. The fourth-order valence-electron chi connectivity index (χ4n) is 2.60. The van der Waals surface area contributed by atoms with Crippen LogP contribution in [0.25, 0.3) is 0 Å². The number of nitrogens with one attached hydrogen (secondary N) is 1. The fraction of sp³-hybridized carbons (Fsp3) is 0.611. The topological polar surface area (TPSA) is 75.7 Å². The minimum absolute atomic E-state index is 0.0340. The maximum absolute atomic E-state index is 12.5. The standard InChI is InChI=1S/C18H28N2O4S2/c1-15(2)24-13-5-10-19-18(21)14-25-16-6-8-17(9-7-16)26(22,23)20-11-3-4-12-20/h6-9,15H,3-5,10-14H2,1-2H3,(H,19,21). The minimum Gasteiger partial charge on any atom is -0.379 e. The number of carbonyl (C=O) groups is 1. The molecule has 146 valence electrons. The van der Waals surface area contributed by atoms with Crippen molar-refractivity contribution in [1.82, 2.24) is 9.62 Å². The lowest BCUT2D eigenvalue weighted by Gasteiger charge is -2.15. The Balaban J connectivity index is 1.74. The van der Waals surface area contributed by atoms with Crippen LogP contribution in [0.2, 0.25) is 0 Å². The summed E-state index contributed by atoms with van der Waals surface area (Å²) in [4.78, 5) is 13.0. The maximum atomic E-state index is 12.5. The van der Waals surface area contributed by atoms with Gasteiger partial charge >= 0.3 is 0 Å². The van der Waals surface area contributed by atoms with Crippen molar-refractivity contribution in [3.8, 4) is 0 Å². The summed E-state index contributed by atoms with van der Waals surface area (Å²) < 4.78 is 31.9. The van der Waals surface area contributed by atoms with Crippen molar-refractivity contribution in [1.29, 1.82) is 0 Å². The maximum Gasteiger partial charge on any atom is 0.243 e. The summed E-state index contributed by atoms with van der Waals surface area (Å²) in [7, 11) is -3.38. The number of carbonyl (C=O) groups excluding carboxylic acids is 1. The quantitative estimate of drug-likeness (QED) is 0.482. The monoisotopic (exact) mass is 400 g/mol. The first-order valence-electron chi connectivity index (χ1n) is 9.01. The van der Waals surface area contributed by atoms with E-state index in [1.54, 1.807) is 24.3 Å². The Kier molecular flexibility index (Phi) is 8.40. The summed E-state index contributed by atoms with van der Waals surface area (Å²) in [5.41, 5.74) is 0. The van der Waals surface area contributed by atoms with Gasteiger partial charge in [0, 0.05) is 31.1 Å². The molecule has 1 fully saturated rings. The molecule has 1 aromatic rings. The van der Waals surface area contributed by atoms with E-state index in [4.69, 9.17) is 4.74 Å². The summed E-state index contributed by atoms with van der Waals surface area (Å²) in [6.45, 7) is 6.40. The van der Waals surface area contributed by atoms with Gasteiger partial charge in [0.15, 0.2) is 0 Å². The third-order valence-corrected chi connectivity index (χ3v) is 6.92. The smallest absolute Gasteiger partial charge is 0.243 e. The zero-order chi connectivity index (χ0) is 19.0. The van der Waals surface area contributed by atoms with Gasteiger partial charge in [-0.3, -0.25) is 4.79 Å². The molecule has 1 amide bonds. The molecule has 0 unspecified atom stereocenters. The van der Waals surface area contributed by atoms with Crippen LogP contribution in [0.5, 0.6) is 0 Å². The highest BCUT2D eigenvalue weighted by molar-refractivity contribution is 8.00. The Labute approximate surface area is 160 Å². The highest BCUT2D eigenvalue weighted by Gasteiger charge is 2.26. The number of amides is 1. The molecular weight excluding hydrogens is 372 g/mol. The molecule has 26 heavy (non-hydrogen) atoms. The van der Waals surface area contributed by atoms with Crippen LogP contribution in [0.15, 0.2) is 34.1 Å². The molecule has 0 aliphatic carbocycles. The molecule has 2 rings (SSSR count). The van der Waals surface area contributed by atoms with E-state index in [0.717, 1.165) is 24.2 Å². The molecule has 8 heteroatoms. The fourth-order valence-corrected chi connectivity index (χ4v) is 4.85. The van der Waals surface area contributed by atoms with Gasteiger partial charge in [0.1, 0.15) is 0 Å². The van der Waals surface area contributed by atoms with Crippen molar-refractivity contribution < 1.29 is 17.9 Å². The molecule has 0 aromatic heterocycles. The number of sulfonamides is 1. The Morgan fingerprint density at radius 2 is 1.88 bits per heavy atom. The Morgan fingerprint density at radius 3 is 2.50 bits per heavy atom. The Morgan fingerprint density at radius 1 is 1.23 bits per heavy atom. The van der Waals surface area contributed by atoms with Crippen LogP contribution in [0.1, 0.15) is 33.1 Å². The molecule has 1 aliphatic rings. The molecule has 0 saturated carbocycles. The third kappa shape index (κ3) is 6.57. The van der Waals surface area contributed by atoms with Gasteiger partial charge in [-0.25, -0.2) is 8.42 Å². The van der Waals surface area contributed by atoms with E-state index in [1.807, 2.05) is 13.8 Å². The van der Waals surface area contributed by atoms with Crippen molar-refractivity contribution in [2.24, 2.45) is 0 Å². The Bertz CT molecular complexity index is 669. The summed E-state index contributed by atoms with van der Waals surface area (Å²) in [6.07, 6.45) is 2.84. The van der Waals surface area contributed by atoms with Gasteiger partial charge in [0.25, 0.3) is 0 Å². The summed E-state index contributed by atoms with van der Waals surface area (Å²) >= 11 is 1.40. The molecule has 0 bridgehead atoms. The molecule has 1 aromatic carbocycles. The number of hydrogen-bond donors (Lipinski definition) is 1. The Hall–Kier alpha value is -1.09. The molecule has 1 aliphatic heterocycles. The van der Waals surface area contributed by atoms with Crippen molar-refractivity contribution >= 4 is 27.7 Å². The van der Waals surface area contributed by atoms with Crippen LogP contribution in [-0.4, -0.2) is 56.7 Å². The number of rotatable bonds is 10. The average Bonchev–Trinajstić information content (AvgIpc) is 3.15. The van der Waals surface area contributed by atoms with Crippen LogP contribution in [0.3, 0.4) is 0 Å². The van der Waals surface area contributed by atoms with Gasteiger partial charge < -0.3 is 10.1 Å². The highest BCUT2D eigenvalue weighted by Crippen LogP contribution is 2.24. The predicted octanol–water partition coefficient (Wildman–Crippen LogP) is 2.49. The predicted molar refractivity (Wildman–Crippen MR) is 104 cm³/mol. The van der Waals surface area contributed by atoms with E-state index in [9.17, 15) is 13.2 Å². The van der Waals surface area contributed by atoms with Gasteiger partial charge in [-0.2, -0.15) is 4.31 Å². The molecule has 0 spiro atoms.